The van der Waals surface area contributed by atoms with Crippen LogP contribution in [0.2, 0.25) is 5.02 Å². The van der Waals surface area contributed by atoms with Crippen LogP contribution in [-0.4, -0.2) is 35.5 Å². The van der Waals surface area contributed by atoms with E-state index in [9.17, 15) is 9.59 Å². The van der Waals surface area contributed by atoms with Crippen LogP contribution >= 0.6 is 11.6 Å². The van der Waals surface area contributed by atoms with Crippen molar-refractivity contribution >= 4 is 29.2 Å². The first-order valence-corrected chi connectivity index (χ1v) is 5.30. The van der Waals surface area contributed by atoms with Crippen molar-refractivity contribution in [1.29, 1.82) is 0 Å². The monoisotopic (exact) mass is 268 g/mol. The summed E-state index contributed by atoms with van der Waals surface area (Å²) >= 11 is 5.82. The zero-order valence-corrected chi connectivity index (χ0v) is 10.4. The minimum absolute atomic E-state index is 0.0102. The third kappa shape index (κ3) is 1.91. The first-order chi connectivity index (χ1) is 8.58. The van der Waals surface area contributed by atoms with Crippen LogP contribution in [0.1, 0.15) is 21.0 Å². The number of halogens is 1. The molecule has 0 atom stereocenters. The number of esters is 2. The fourth-order valence-electron chi connectivity index (χ4n) is 1.55. The van der Waals surface area contributed by atoms with E-state index in [1.54, 1.807) is 6.07 Å². The molecule has 0 aliphatic rings. The lowest BCUT2D eigenvalue weighted by Gasteiger charge is -2.01. The van der Waals surface area contributed by atoms with E-state index >= 15 is 0 Å². The number of aromatic nitrogens is 2. The molecule has 2 rings (SSSR count). The van der Waals surface area contributed by atoms with Crippen molar-refractivity contribution in [1.82, 2.24) is 9.38 Å². The predicted octanol–water partition coefficient (Wildman–Crippen LogP) is 1.56. The Morgan fingerprint density at radius 1 is 1.28 bits per heavy atom. The lowest BCUT2D eigenvalue weighted by molar-refractivity contribution is 0.0546. The Kier molecular flexibility index (Phi) is 3.20. The standard InChI is InChI=1S/C11H9ClN2O4/c1-17-10(15)8-9(11(16)18-2)14-4-3-6(12)5-7(14)13-8/h3-5H,1-2H3. The molecule has 0 aliphatic heterocycles. The smallest absolute Gasteiger partial charge is 0.359 e. The van der Waals surface area contributed by atoms with Gasteiger partial charge in [0.2, 0.25) is 0 Å². The van der Waals surface area contributed by atoms with Crippen LogP contribution < -0.4 is 0 Å². The van der Waals surface area contributed by atoms with Gasteiger partial charge in [0, 0.05) is 17.3 Å². The van der Waals surface area contributed by atoms with Gasteiger partial charge in [0.1, 0.15) is 5.65 Å². The molecule has 94 valence electrons. The molecule has 0 fully saturated rings. The molecule has 0 aliphatic carbocycles. The topological polar surface area (TPSA) is 69.9 Å². The number of imidazole rings is 1. The zero-order chi connectivity index (χ0) is 13.3. The summed E-state index contributed by atoms with van der Waals surface area (Å²) in [5, 5.41) is 0.445. The maximum Gasteiger partial charge on any atom is 0.359 e. The highest BCUT2D eigenvalue weighted by molar-refractivity contribution is 6.30. The highest BCUT2D eigenvalue weighted by Gasteiger charge is 2.25. The highest BCUT2D eigenvalue weighted by Crippen LogP contribution is 2.18. The average molecular weight is 269 g/mol. The first kappa shape index (κ1) is 12.4. The van der Waals surface area contributed by atoms with Crippen molar-refractivity contribution in [3.05, 3.63) is 34.7 Å². The van der Waals surface area contributed by atoms with Gasteiger partial charge in [-0.15, -0.1) is 0 Å². The summed E-state index contributed by atoms with van der Waals surface area (Å²) < 4.78 is 10.6. The number of hydrogen-bond donors (Lipinski definition) is 0. The van der Waals surface area contributed by atoms with E-state index in [0.29, 0.717) is 10.7 Å². The number of pyridine rings is 1. The van der Waals surface area contributed by atoms with Gasteiger partial charge in [-0.25, -0.2) is 14.6 Å². The molecule has 0 bridgehead atoms. The van der Waals surface area contributed by atoms with Crippen LogP contribution in [0.5, 0.6) is 0 Å². The molecule has 0 radical (unpaired) electrons. The van der Waals surface area contributed by atoms with E-state index < -0.39 is 11.9 Å². The van der Waals surface area contributed by atoms with E-state index in [-0.39, 0.29) is 11.4 Å². The Morgan fingerprint density at radius 3 is 2.56 bits per heavy atom. The summed E-state index contributed by atoms with van der Waals surface area (Å²) in [6.07, 6.45) is 1.53. The van der Waals surface area contributed by atoms with E-state index in [1.807, 2.05) is 0 Å². The minimum atomic E-state index is -0.713. The molecule has 0 unspecified atom stereocenters. The summed E-state index contributed by atoms with van der Waals surface area (Å²) in [4.78, 5) is 27.3. The van der Waals surface area contributed by atoms with Gasteiger partial charge in [-0.2, -0.15) is 0 Å². The first-order valence-electron chi connectivity index (χ1n) is 4.92. The van der Waals surface area contributed by atoms with Gasteiger partial charge in [0.05, 0.1) is 14.2 Å². The molecular formula is C11H9ClN2O4. The van der Waals surface area contributed by atoms with Crippen molar-refractivity contribution in [2.45, 2.75) is 0 Å². The van der Waals surface area contributed by atoms with Crippen LogP contribution in [0.3, 0.4) is 0 Å². The minimum Gasteiger partial charge on any atom is -0.464 e. The molecule has 0 saturated heterocycles. The second-order valence-corrected chi connectivity index (χ2v) is 3.80. The zero-order valence-electron chi connectivity index (χ0n) is 9.64. The van der Waals surface area contributed by atoms with E-state index in [2.05, 4.69) is 14.5 Å². The number of ether oxygens (including phenoxy) is 2. The molecule has 7 heteroatoms. The van der Waals surface area contributed by atoms with E-state index in [0.717, 1.165) is 0 Å². The Hall–Kier alpha value is -2.08. The molecule has 2 aromatic heterocycles. The number of methoxy groups -OCH3 is 2. The summed E-state index contributed by atoms with van der Waals surface area (Å²) in [6, 6.07) is 3.10. The van der Waals surface area contributed by atoms with Crippen molar-refractivity contribution < 1.29 is 19.1 Å². The fourth-order valence-corrected chi connectivity index (χ4v) is 1.70. The maximum absolute atomic E-state index is 11.7. The molecule has 2 heterocycles. The van der Waals surface area contributed by atoms with Crippen LogP contribution in [-0.2, 0) is 9.47 Å². The van der Waals surface area contributed by atoms with Crippen molar-refractivity contribution in [3.63, 3.8) is 0 Å². The lowest BCUT2D eigenvalue weighted by Crippen LogP contribution is -2.13. The van der Waals surface area contributed by atoms with Gasteiger partial charge in [-0.3, -0.25) is 4.40 Å². The summed E-state index contributed by atoms with van der Waals surface area (Å²) in [5.74, 6) is -1.39. The number of carbonyl (C=O) groups excluding carboxylic acids is 2. The van der Waals surface area contributed by atoms with Gasteiger partial charge in [-0.05, 0) is 6.07 Å². The van der Waals surface area contributed by atoms with Crippen LogP contribution in [0.25, 0.3) is 5.65 Å². The Morgan fingerprint density at radius 2 is 1.94 bits per heavy atom. The molecule has 6 nitrogen and oxygen atoms in total. The number of fused-ring (bicyclic) bond motifs is 1. The van der Waals surface area contributed by atoms with E-state index in [1.165, 1.54) is 30.9 Å². The number of rotatable bonds is 2. The third-order valence-electron chi connectivity index (χ3n) is 2.35. The Labute approximate surface area is 107 Å². The van der Waals surface area contributed by atoms with E-state index in [4.69, 9.17) is 11.6 Å². The summed E-state index contributed by atoms with van der Waals surface area (Å²) in [5.41, 5.74) is 0.269. The normalized spacial score (nSPS) is 10.4. The average Bonchev–Trinajstić information content (AvgIpc) is 2.75. The predicted molar refractivity (Wildman–Crippen MR) is 62.9 cm³/mol. The number of hydrogen-bond acceptors (Lipinski definition) is 5. The maximum atomic E-state index is 11.7. The molecular weight excluding hydrogens is 260 g/mol. The molecule has 2 aromatic rings. The van der Waals surface area contributed by atoms with Crippen molar-refractivity contribution in [3.8, 4) is 0 Å². The second-order valence-electron chi connectivity index (χ2n) is 3.37. The van der Waals surface area contributed by atoms with Crippen molar-refractivity contribution in [2.75, 3.05) is 14.2 Å². The molecule has 18 heavy (non-hydrogen) atoms. The lowest BCUT2D eigenvalue weighted by atomic mass is 10.3. The van der Waals surface area contributed by atoms with Crippen LogP contribution in [0.4, 0.5) is 0 Å². The molecule has 0 aromatic carbocycles. The molecule has 0 saturated carbocycles. The van der Waals surface area contributed by atoms with Gasteiger partial charge in [0.25, 0.3) is 0 Å². The van der Waals surface area contributed by atoms with Crippen molar-refractivity contribution in [2.24, 2.45) is 0 Å². The van der Waals surface area contributed by atoms with Gasteiger partial charge >= 0.3 is 11.9 Å². The van der Waals surface area contributed by atoms with Gasteiger partial charge in [0.15, 0.2) is 11.4 Å². The molecule has 0 amide bonds. The van der Waals surface area contributed by atoms with Gasteiger partial charge < -0.3 is 9.47 Å². The third-order valence-corrected chi connectivity index (χ3v) is 2.58. The Balaban J connectivity index is 2.76. The summed E-state index contributed by atoms with van der Waals surface area (Å²) in [6.45, 7) is 0. The second kappa shape index (κ2) is 4.66. The fraction of sp³-hybridized carbons (Fsp3) is 0.182. The highest BCUT2D eigenvalue weighted by atomic mass is 35.5. The number of nitrogens with zero attached hydrogens (tertiary/aromatic N) is 2. The van der Waals surface area contributed by atoms with Crippen LogP contribution in [0.15, 0.2) is 18.3 Å². The van der Waals surface area contributed by atoms with Crippen LogP contribution in [0, 0.1) is 0 Å². The molecule has 0 spiro atoms. The number of carbonyl (C=O) groups is 2. The quantitative estimate of drug-likeness (QED) is 0.773. The van der Waals surface area contributed by atoms with Gasteiger partial charge in [-0.1, -0.05) is 11.6 Å². The SMILES string of the molecule is COC(=O)c1nc2cc(Cl)ccn2c1C(=O)OC. The Bertz CT molecular complexity index is 635. The molecule has 0 N–H and O–H groups in total. The largest absolute Gasteiger partial charge is 0.464 e. The summed E-state index contributed by atoms with van der Waals surface area (Å²) in [7, 11) is 2.43.